The maximum atomic E-state index is 13.0. The molecular weight excluding hydrogens is 494 g/mol. The average molecular weight is 520 g/mol. The standard InChI is InChI=1S/C25H25N7O4S/c1-31(2)24(33)15-3-4-20(28-13-15)19-11-16(14-29-22(19)26)17-5-6-27-23-18(17)12-21(30-23)25(34)32-7-9-37(35,36)10-8-32/h3-6,11-14H,7-10H2,1-2H3,(H2,26,29)(H,27,30). The van der Waals surface area contributed by atoms with Gasteiger partial charge in [-0.2, -0.15) is 0 Å². The summed E-state index contributed by atoms with van der Waals surface area (Å²) in [5.74, 6) is -0.215. The quantitative estimate of drug-likeness (QED) is 0.414. The topological polar surface area (TPSA) is 155 Å². The zero-order chi connectivity index (χ0) is 26.3. The molecule has 0 bridgehead atoms. The number of H-pyrrole nitrogens is 1. The molecule has 0 spiro atoms. The van der Waals surface area contributed by atoms with Gasteiger partial charge >= 0.3 is 0 Å². The van der Waals surface area contributed by atoms with E-state index in [9.17, 15) is 18.0 Å². The van der Waals surface area contributed by atoms with Crippen LogP contribution in [0.25, 0.3) is 33.4 Å². The third-order valence-corrected chi connectivity index (χ3v) is 7.93. The highest BCUT2D eigenvalue weighted by Gasteiger charge is 2.27. The van der Waals surface area contributed by atoms with Crippen molar-refractivity contribution >= 4 is 38.5 Å². The highest BCUT2D eigenvalue weighted by Crippen LogP contribution is 2.32. The molecule has 0 unspecified atom stereocenters. The summed E-state index contributed by atoms with van der Waals surface area (Å²) in [7, 11) is 0.252. The van der Waals surface area contributed by atoms with Crippen LogP contribution in [0.4, 0.5) is 5.82 Å². The minimum atomic E-state index is -3.10. The van der Waals surface area contributed by atoms with Crippen molar-refractivity contribution in [2.75, 3.05) is 44.4 Å². The van der Waals surface area contributed by atoms with Crippen LogP contribution in [0.2, 0.25) is 0 Å². The maximum Gasteiger partial charge on any atom is 0.270 e. The summed E-state index contributed by atoms with van der Waals surface area (Å²) in [5, 5.41) is 0.716. The number of nitrogens with zero attached hydrogens (tertiary/aromatic N) is 5. The van der Waals surface area contributed by atoms with Gasteiger partial charge in [-0.3, -0.25) is 14.6 Å². The van der Waals surface area contributed by atoms with E-state index in [0.717, 1.165) is 11.1 Å². The molecule has 1 fully saturated rings. The Labute approximate surface area is 213 Å². The predicted molar refractivity (Wildman–Crippen MR) is 140 cm³/mol. The van der Waals surface area contributed by atoms with E-state index < -0.39 is 9.84 Å². The zero-order valence-electron chi connectivity index (χ0n) is 20.3. The van der Waals surface area contributed by atoms with Crippen LogP contribution >= 0.6 is 0 Å². The molecule has 0 atom stereocenters. The van der Waals surface area contributed by atoms with E-state index >= 15 is 0 Å². The molecule has 0 radical (unpaired) electrons. The first kappa shape index (κ1) is 24.4. The summed E-state index contributed by atoms with van der Waals surface area (Å²) < 4.78 is 23.5. The van der Waals surface area contributed by atoms with E-state index in [0.29, 0.717) is 39.4 Å². The first-order valence-corrected chi connectivity index (χ1v) is 13.4. The average Bonchev–Trinajstić information content (AvgIpc) is 3.33. The Morgan fingerprint density at radius 2 is 1.76 bits per heavy atom. The lowest BCUT2D eigenvalue weighted by atomic mass is 10.0. The van der Waals surface area contributed by atoms with Gasteiger partial charge in [0.15, 0.2) is 9.84 Å². The Balaban J connectivity index is 1.48. The molecule has 1 saturated heterocycles. The van der Waals surface area contributed by atoms with E-state index in [1.54, 1.807) is 44.7 Å². The van der Waals surface area contributed by atoms with Gasteiger partial charge in [-0.1, -0.05) is 0 Å². The third kappa shape index (κ3) is 4.75. The van der Waals surface area contributed by atoms with Crippen molar-refractivity contribution < 1.29 is 18.0 Å². The number of amides is 2. The summed E-state index contributed by atoms with van der Waals surface area (Å²) in [6.45, 7) is 0.321. The lowest BCUT2D eigenvalue weighted by Gasteiger charge is -2.26. The monoisotopic (exact) mass is 519 g/mol. The molecule has 1 aliphatic heterocycles. The molecule has 3 N–H and O–H groups in total. The molecular formula is C25H25N7O4S. The number of fused-ring (bicyclic) bond motifs is 1. The molecule has 11 nitrogen and oxygen atoms in total. The number of nitrogen functional groups attached to an aromatic ring is 1. The number of hydrogen-bond acceptors (Lipinski definition) is 8. The first-order valence-electron chi connectivity index (χ1n) is 11.5. The molecule has 5 heterocycles. The van der Waals surface area contributed by atoms with Gasteiger partial charge in [-0.05, 0) is 35.9 Å². The molecule has 4 aromatic rings. The number of nitrogens with one attached hydrogen (secondary N) is 1. The second kappa shape index (κ2) is 9.28. The molecule has 5 rings (SSSR count). The number of hydrogen-bond donors (Lipinski definition) is 2. The van der Waals surface area contributed by atoms with Crippen LogP contribution < -0.4 is 5.73 Å². The summed E-state index contributed by atoms with van der Waals surface area (Å²) in [6.07, 6.45) is 4.78. The summed E-state index contributed by atoms with van der Waals surface area (Å²) in [6, 6.07) is 8.82. The van der Waals surface area contributed by atoms with Gasteiger partial charge < -0.3 is 20.5 Å². The van der Waals surface area contributed by atoms with E-state index in [1.165, 1.54) is 16.0 Å². The number of aromatic amines is 1. The second-order valence-electron chi connectivity index (χ2n) is 9.04. The number of nitrogens with two attached hydrogens (primary N) is 1. The van der Waals surface area contributed by atoms with Crippen LogP contribution in [-0.2, 0) is 9.84 Å². The van der Waals surface area contributed by atoms with E-state index in [1.807, 2.05) is 12.1 Å². The van der Waals surface area contributed by atoms with Crippen LogP contribution in [0.15, 0.2) is 48.9 Å². The van der Waals surface area contributed by atoms with Gasteiger partial charge in [0.2, 0.25) is 0 Å². The normalized spacial score (nSPS) is 15.0. The Morgan fingerprint density at radius 1 is 1.00 bits per heavy atom. The summed E-state index contributed by atoms with van der Waals surface area (Å²) in [5.41, 5.74) is 10.2. The fourth-order valence-electron chi connectivity index (χ4n) is 4.25. The van der Waals surface area contributed by atoms with Crippen molar-refractivity contribution in [2.45, 2.75) is 0 Å². The van der Waals surface area contributed by atoms with Crippen LogP contribution in [-0.4, -0.2) is 88.7 Å². The maximum absolute atomic E-state index is 13.0. The number of aromatic nitrogens is 4. The highest BCUT2D eigenvalue weighted by molar-refractivity contribution is 7.91. The smallest absolute Gasteiger partial charge is 0.270 e. The SMILES string of the molecule is CN(C)C(=O)c1ccc(-c2cc(-c3ccnc4[nH]c(C(=O)N5CCS(=O)(=O)CC5)cc34)cnc2N)nc1. The molecule has 12 heteroatoms. The minimum absolute atomic E-state index is 0.0410. The third-order valence-electron chi connectivity index (χ3n) is 6.32. The fourth-order valence-corrected chi connectivity index (χ4v) is 5.45. The van der Waals surface area contributed by atoms with E-state index in [2.05, 4.69) is 19.9 Å². The largest absolute Gasteiger partial charge is 0.383 e. The Morgan fingerprint density at radius 3 is 2.43 bits per heavy atom. The summed E-state index contributed by atoms with van der Waals surface area (Å²) >= 11 is 0. The molecule has 2 amide bonds. The minimum Gasteiger partial charge on any atom is -0.383 e. The van der Waals surface area contributed by atoms with Gasteiger partial charge in [-0.15, -0.1) is 0 Å². The van der Waals surface area contributed by atoms with Crippen LogP contribution in [0.1, 0.15) is 20.8 Å². The number of pyridine rings is 3. The Hall–Kier alpha value is -4.32. The molecule has 0 saturated carbocycles. The Bertz CT molecular complexity index is 1610. The molecule has 1 aliphatic rings. The van der Waals surface area contributed by atoms with Gasteiger partial charge in [0.25, 0.3) is 11.8 Å². The van der Waals surface area contributed by atoms with E-state index in [-0.39, 0.29) is 36.4 Å². The molecule has 4 aromatic heterocycles. The number of anilines is 1. The zero-order valence-corrected chi connectivity index (χ0v) is 21.1. The molecule has 37 heavy (non-hydrogen) atoms. The van der Waals surface area contributed by atoms with Crippen molar-refractivity contribution in [1.82, 2.24) is 29.7 Å². The molecule has 0 aliphatic carbocycles. The molecule has 0 aromatic carbocycles. The first-order chi connectivity index (χ1) is 17.6. The lowest BCUT2D eigenvalue weighted by molar-refractivity contribution is 0.0764. The second-order valence-corrected chi connectivity index (χ2v) is 11.3. The molecule has 190 valence electrons. The van der Waals surface area contributed by atoms with Gasteiger partial charge in [0.1, 0.15) is 17.2 Å². The predicted octanol–water partition coefficient (Wildman–Crippen LogP) is 1.84. The van der Waals surface area contributed by atoms with E-state index in [4.69, 9.17) is 5.73 Å². The number of carbonyl (C=O) groups excluding carboxylic acids is 2. The van der Waals surface area contributed by atoms with Gasteiger partial charge in [-0.25, -0.2) is 18.4 Å². The summed E-state index contributed by atoms with van der Waals surface area (Å²) in [4.78, 5) is 44.4. The lowest BCUT2D eigenvalue weighted by Crippen LogP contribution is -2.43. The number of sulfone groups is 1. The van der Waals surface area contributed by atoms with Crippen molar-refractivity contribution in [1.29, 1.82) is 0 Å². The van der Waals surface area contributed by atoms with Crippen molar-refractivity contribution in [3.8, 4) is 22.4 Å². The van der Waals surface area contributed by atoms with Crippen molar-refractivity contribution in [3.05, 3.63) is 60.2 Å². The van der Waals surface area contributed by atoms with Crippen LogP contribution in [0, 0.1) is 0 Å². The highest BCUT2D eigenvalue weighted by atomic mass is 32.2. The van der Waals surface area contributed by atoms with Crippen LogP contribution in [0.5, 0.6) is 0 Å². The van der Waals surface area contributed by atoms with Crippen molar-refractivity contribution in [3.63, 3.8) is 0 Å². The van der Waals surface area contributed by atoms with Gasteiger partial charge in [0.05, 0.1) is 22.8 Å². The number of carbonyl (C=O) groups is 2. The number of rotatable bonds is 4. The van der Waals surface area contributed by atoms with Gasteiger partial charge in [0, 0.05) is 62.3 Å². The van der Waals surface area contributed by atoms with Crippen molar-refractivity contribution in [2.24, 2.45) is 0 Å². The Kier molecular flexibility index (Phi) is 6.12. The van der Waals surface area contributed by atoms with Crippen LogP contribution in [0.3, 0.4) is 0 Å². The fraction of sp³-hybridized carbons (Fsp3) is 0.240.